The molecule has 2 aromatic heterocycles. The smallest absolute Gasteiger partial charge is 0.179 e. The van der Waals surface area contributed by atoms with Gasteiger partial charge in [-0.3, -0.25) is 4.68 Å². The number of hydrogen-bond donors (Lipinski definition) is 1. The number of imidazole rings is 1. The Morgan fingerprint density at radius 3 is 2.79 bits per heavy atom. The zero-order valence-corrected chi connectivity index (χ0v) is 12.6. The summed E-state index contributed by atoms with van der Waals surface area (Å²) in [5.74, 6) is 0.787. The van der Waals surface area contributed by atoms with Crippen molar-refractivity contribution in [2.24, 2.45) is 13.0 Å². The summed E-state index contributed by atoms with van der Waals surface area (Å²) >= 11 is 5.51. The number of H-pyrrole nitrogens is 1. The molecule has 0 atom stereocenters. The van der Waals surface area contributed by atoms with Gasteiger partial charge in [0.1, 0.15) is 5.52 Å². The summed E-state index contributed by atoms with van der Waals surface area (Å²) in [7, 11) is 2.02. The molecule has 0 aliphatic heterocycles. The lowest BCUT2D eigenvalue weighted by atomic mass is 10.1. The van der Waals surface area contributed by atoms with Gasteiger partial charge in [0.05, 0.1) is 5.69 Å². The Labute approximate surface area is 118 Å². The van der Waals surface area contributed by atoms with Crippen molar-refractivity contribution >= 4 is 23.4 Å². The molecule has 0 radical (unpaired) electrons. The minimum Gasteiger partial charge on any atom is -0.328 e. The Balaban J connectivity index is 2.03. The van der Waals surface area contributed by atoms with E-state index < -0.39 is 0 Å². The van der Waals surface area contributed by atoms with Crippen molar-refractivity contribution in [1.29, 1.82) is 0 Å². The molecule has 0 saturated heterocycles. The summed E-state index contributed by atoms with van der Waals surface area (Å²) in [5, 5.41) is 4.63. The van der Waals surface area contributed by atoms with Crippen LogP contribution in [-0.2, 0) is 20.0 Å². The van der Waals surface area contributed by atoms with Crippen molar-refractivity contribution in [3.63, 3.8) is 0 Å². The Morgan fingerprint density at radius 2 is 2.11 bits per heavy atom. The fourth-order valence-electron chi connectivity index (χ4n) is 3.31. The first kappa shape index (κ1) is 12.9. The fraction of sp³-hybridized carbons (Fsp3) is 0.714. The molecule has 0 unspecified atom stereocenters. The number of nitrogens with one attached hydrogen (secondary N) is 1. The van der Waals surface area contributed by atoms with E-state index >= 15 is 0 Å². The molecule has 1 N–H and O–H groups in total. The van der Waals surface area contributed by atoms with Gasteiger partial charge in [-0.2, -0.15) is 5.10 Å². The monoisotopic (exact) mass is 278 g/mol. The molecule has 104 valence electrons. The van der Waals surface area contributed by atoms with Crippen LogP contribution in [0.1, 0.15) is 44.7 Å². The second-order valence-electron chi connectivity index (χ2n) is 5.71. The van der Waals surface area contributed by atoms with Crippen LogP contribution < -0.4 is 0 Å². The van der Waals surface area contributed by atoms with Crippen LogP contribution in [0.5, 0.6) is 0 Å². The van der Waals surface area contributed by atoms with Crippen molar-refractivity contribution in [3.8, 4) is 0 Å². The van der Waals surface area contributed by atoms with Crippen LogP contribution in [0.15, 0.2) is 0 Å². The summed E-state index contributed by atoms with van der Waals surface area (Å²) in [6.45, 7) is 3.23. The summed E-state index contributed by atoms with van der Waals surface area (Å²) in [4.78, 5) is 3.37. The predicted molar refractivity (Wildman–Crippen MR) is 79.8 cm³/mol. The number of aromatic amines is 1. The topological polar surface area (TPSA) is 38.5 Å². The van der Waals surface area contributed by atoms with Gasteiger partial charge in [-0.05, 0) is 37.4 Å². The maximum Gasteiger partial charge on any atom is 0.179 e. The molecule has 3 rings (SSSR count). The largest absolute Gasteiger partial charge is 0.328 e. The lowest BCUT2D eigenvalue weighted by Gasteiger charge is -2.10. The van der Waals surface area contributed by atoms with Crippen LogP contribution in [0.3, 0.4) is 0 Å². The van der Waals surface area contributed by atoms with Gasteiger partial charge in [0.15, 0.2) is 10.4 Å². The average molecular weight is 278 g/mol. The Hall–Kier alpha value is -1.10. The van der Waals surface area contributed by atoms with Crippen molar-refractivity contribution in [2.45, 2.75) is 52.0 Å². The molecule has 1 aliphatic rings. The first-order valence-electron chi connectivity index (χ1n) is 7.35. The Bertz CT molecular complexity index is 628. The number of rotatable bonds is 4. The highest BCUT2D eigenvalue weighted by molar-refractivity contribution is 7.71. The van der Waals surface area contributed by atoms with Gasteiger partial charge in [0, 0.05) is 13.6 Å². The summed E-state index contributed by atoms with van der Waals surface area (Å²) < 4.78 is 5.10. The summed E-state index contributed by atoms with van der Waals surface area (Å²) in [6.07, 6.45) is 7.55. The van der Waals surface area contributed by atoms with E-state index in [0.29, 0.717) is 0 Å². The Morgan fingerprint density at radius 1 is 1.37 bits per heavy atom. The number of nitrogens with zero attached hydrogens (tertiary/aromatic N) is 3. The van der Waals surface area contributed by atoms with E-state index in [1.165, 1.54) is 31.3 Å². The Kier molecular flexibility index (Phi) is 3.48. The highest BCUT2D eigenvalue weighted by atomic mass is 32.1. The minimum absolute atomic E-state index is 0.787. The van der Waals surface area contributed by atoms with E-state index in [1.54, 1.807) is 0 Å². The third-order valence-electron chi connectivity index (χ3n) is 4.22. The molecular weight excluding hydrogens is 256 g/mol. The molecule has 5 heteroatoms. The van der Waals surface area contributed by atoms with Crippen LogP contribution in [-0.4, -0.2) is 19.3 Å². The van der Waals surface area contributed by atoms with E-state index in [2.05, 4.69) is 21.6 Å². The van der Waals surface area contributed by atoms with Crippen LogP contribution >= 0.6 is 12.2 Å². The lowest BCUT2D eigenvalue weighted by molar-refractivity contribution is 0.456. The standard InChI is InChI=1S/C14H22N4S/c1-3-6-11-12-13(17(2)16-11)18(14(19)15-12)9-10-7-4-5-8-10/h10H,3-9H2,1-2H3,(H,15,19). The zero-order chi connectivity index (χ0) is 13.4. The zero-order valence-electron chi connectivity index (χ0n) is 11.8. The first-order valence-corrected chi connectivity index (χ1v) is 7.76. The van der Waals surface area contributed by atoms with E-state index in [-0.39, 0.29) is 0 Å². The average Bonchev–Trinajstić information content (AvgIpc) is 3.04. The van der Waals surface area contributed by atoms with Gasteiger partial charge >= 0.3 is 0 Å². The van der Waals surface area contributed by atoms with Crippen molar-refractivity contribution in [3.05, 3.63) is 10.5 Å². The van der Waals surface area contributed by atoms with Gasteiger partial charge in [-0.1, -0.05) is 26.2 Å². The van der Waals surface area contributed by atoms with Crippen LogP contribution in [0.25, 0.3) is 11.2 Å². The third kappa shape index (κ3) is 2.24. The quantitative estimate of drug-likeness (QED) is 0.868. The van der Waals surface area contributed by atoms with Gasteiger partial charge in [0.2, 0.25) is 0 Å². The van der Waals surface area contributed by atoms with Crippen LogP contribution in [0.4, 0.5) is 0 Å². The summed E-state index contributed by atoms with van der Waals surface area (Å²) in [6, 6.07) is 0. The number of hydrogen-bond acceptors (Lipinski definition) is 2. The highest BCUT2D eigenvalue weighted by Crippen LogP contribution is 2.28. The molecule has 4 nitrogen and oxygen atoms in total. The maximum atomic E-state index is 5.51. The molecule has 0 spiro atoms. The molecule has 0 amide bonds. The molecule has 1 fully saturated rings. The second-order valence-corrected chi connectivity index (χ2v) is 6.10. The first-order chi connectivity index (χ1) is 9.20. The van der Waals surface area contributed by atoms with E-state index in [9.17, 15) is 0 Å². The highest BCUT2D eigenvalue weighted by Gasteiger charge is 2.20. The third-order valence-corrected chi connectivity index (χ3v) is 4.55. The van der Waals surface area contributed by atoms with E-state index in [1.807, 2.05) is 11.7 Å². The normalized spacial score (nSPS) is 16.7. The lowest BCUT2D eigenvalue weighted by Crippen LogP contribution is -2.09. The van der Waals surface area contributed by atoms with Crippen molar-refractivity contribution in [1.82, 2.24) is 19.3 Å². The molecule has 2 aromatic rings. The molecular formula is C14H22N4S. The number of aryl methyl sites for hydroxylation is 2. The number of aromatic nitrogens is 4. The molecule has 19 heavy (non-hydrogen) atoms. The van der Waals surface area contributed by atoms with Gasteiger partial charge in [-0.15, -0.1) is 0 Å². The molecule has 0 aromatic carbocycles. The predicted octanol–water partition coefficient (Wildman–Crippen LogP) is 3.58. The summed E-state index contributed by atoms with van der Waals surface area (Å²) in [5.41, 5.74) is 3.46. The van der Waals surface area contributed by atoms with Gasteiger partial charge < -0.3 is 9.55 Å². The maximum absolute atomic E-state index is 5.51. The molecule has 2 heterocycles. The molecule has 1 saturated carbocycles. The SMILES string of the molecule is CCCc1nn(C)c2c1[nH]c(=S)n2CC1CCCC1. The van der Waals surface area contributed by atoms with Gasteiger partial charge in [-0.25, -0.2) is 0 Å². The van der Waals surface area contributed by atoms with Crippen molar-refractivity contribution in [2.75, 3.05) is 0 Å². The molecule has 1 aliphatic carbocycles. The fourth-order valence-corrected chi connectivity index (χ4v) is 3.57. The minimum atomic E-state index is 0.787. The molecule has 0 bridgehead atoms. The van der Waals surface area contributed by atoms with E-state index in [4.69, 9.17) is 12.2 Å². The second kappa shape index (κ2) is 5.12. The van der Waals surface area contributed by atoms with E-state index in [0.717, 1.165) is 41.3 Å². The van der Waals surface area contributed by atoms with Crippen LogP contribution in [0, 0.1) is 10.7 Å². The van der Waals surface area contributed by atoms with Gasteiger partial charge in [0.25, 0.3) is 0 Å². The van der Waals surface area contributed by atoms with Crippen LogP contribution in [0.2, 0.25) is 0 Å². The van der Waals surface area contributed by atoms with Crippen molar-refractivity contribution < 1.29 is 0 Å². The number of fused-ring (bicyclic) bond motifs is 1.